The smallest absolute Gasteiger partial charge is 0.171 e. The van der Waals surface area contributed by atoms with Crippen molar-refractivity contribution >= 4 is 46.1 Å². The molecule has 0 fully saturated rings. The number of aromatic nitrogens is 2. The van der Waals surface area contributed by atoms with Crippen LogP contribution in [0, 0.1) is 0 Å². The van der Waals surface area contributed by atoms with Crippen LogP contribution < -0.4 is 0 Å². The first-order chi connectivity index (χ1) is 6.66. The molecule has 2 aromatic rings. The largest absolute Gasteiger partial charge is 0.234 e. The molecule has 0 aromatic carbocycles. The molecule has 72 valence electrons. The van der Waals surface area contributed by atoms with Crippen molar-refractivity contribution in [2.45, 2.75) is 0 Å². The summed E-state index contributed by atoms with van der Waals surface area (Å²) in [6, 6.07) is 3.62. The maximum atomic E-state index is 5.79. The van der Waals surface area contributed by atoms with Crippen LogP contribution in [0.1, 0.15) is 0 Å². The fourth-order valence-electron chi connectivity index (χ4n) is 0.900. The third-order valence-corrected chi connectivity index (χ3v) is 3.38. The van der Waals surface area contributed by atoms with E-state index in [-0.39, 0.29) is 5.15 Å². The summed E-state index contributed by atoms with van der Waals surface area (Å²) in [6.45, 7) is 0. The Morgan fingerprint density at radius 3 is 2.50 bits per heavy atom. The van der Waals surface area contributed by atoms with E-state index in [0.717, 1.165) is 4.88 Å². The molecule has 2 aromatic heterocycles. The van der Waals surface area contributed by atoms with Gasteiger partial charge in [-0.05, 0) is 12.1 Å². The summed E-state index contributed by atoms with van der Waals surface area (Å²) >= 11 is 18.6. The molecule has 6 heteroatoms. The van der Waals surface area contributed by atoms with Crippen molar-refractivity contribution in [3.63, 3.8) is 0 Å². The number of rotatable bonds is 1. The maximum absolute atomic E-state index is 5.79. The van der Waals surface area contributed by atoms with Gasteiger partial charge in [-0.3, -0.25) is 0 Å². The van der Waals surface area contributed by atoms with Crippen LogP contribution in [0.25, 0.3) is 10.7 Å². The Hall–Kier alpha value is -0.350. The maximum Gasteiger partial charge on any atom is 0.171 e. The third-order valence-electron chi connectivity index (χ3n) is 1.49. The Bertz CT molecular complexity index is 469. The quantitative estimate of drug-likeness (QED) is 0.723. The molecule has 0 aliphatic rings. The lowest BCUT2D eigenvalue weighted by molar-refractivity contribution is 1.19. The molecule has 14 heavy (non-hydrogen) atoms. The van der Waals surface area contributed by atoms with Crippen LogP contribution in [0.5, 0.6) is 0 Å². The lowest BCUT2D eigenvalue weighted by Crippen LogP contribution is -1.86. The van der Waals surface area contributed by atoms with Gasteiger partial charge in [0, 0.05) is 0 Å². The van der Waals surface area contributed by atoms with Gasteiger partial charge in [0.1, 0.15) is 0 Å². The predicted molar refractivity (Wildman–Crippen MR) is 60.4 cm³/mol. The van der Waals surface area contributed by atoms with Crippen LogP contribution in [0.4, 0.5) is 0 Å². The zero-order valence-electron chi connectivity index (χ0n) is 6.67. The van der Waals surface area contributed by atoms with Crippen molar-refractivity contribution in [2.75, 3.05) is 0 Å². The summed E-state index contributed by atoms with van der Waals surface area (Å²) in [5, 5.41) is 0.597. The molecule has 0 amide bonds. The summed E-state index contributed by atoms with van der Waals surface area (Å²) in [7, 11) is 0. The molecule has 0 atom stereocenters. The fourth-order valence-corrected chi connectivity index (χ4v) is 2.10. The molecule has 0 saturated heterocycles. The third kappa shape index (κ3) is 2.01. The molecule has 2 nitrogen and oxygen atoms in total. The molecule has 2 rings (SSSR count). The molecule has 0 unspecified atom stereocenters. The highest BCUT2D eigenvalue weighted by atomic mass is 35.5. The van der Waals surface area contributed by atoms with Gasteiger partial charge in [0.05, 0.1) is 20.4 Å². The highest BCUT2D eigenvalue weighted by Crippen LogP contribution is 2.30. The molecule has 0 bridgehead atoms. The van der Waals surface area contributed by atoms with E-state index in [1.807, 2.05) is 6.07 Å². The minimum absolute atomic E-state index is 0.251. The second-order valence-electron chi connectivity index (χ2n) is 2.44. The van der Waals surface area contributed by atoms with Gasteiger partial charge in [-0.15, -0.1) is 11.3 Å². The van der Waals surface area contributed by atoms with Gasteiger partial charge in [0.15, 0.2) is 11.0 Å². The van der Waals surface area contributed by atoms with E-state index in [2.05, 4.69) is 9.97 Å². The number of hydrogen-bond donors (Lipinski definition) is 0. The molecule has 0 N–H and O–H groups in total. The van der Waals surface area contributed by atoms with Crippen LogP contribution >= 0.6 is 46.1 Å². The zero-order chi connectivity index (χ0) is 10.1. The van der Waals surface area contributed by atoms with E-state index in [9.17, 15) is 0 Å². The minimum atomic E-state index is 0.251. The second-order valence-corrected chi connectivity index (χ2v) is 4.92. The van der Waals surface area contributed by atoms with Gasteiger partial charge in [0.2, 0.25) is 0 Å². The topological polar surface area (TPSA) is 25.8 Å². The SMILES string of the molecule is Clc1ccc(-c2ncc(Cl)c(Cl)n2)s1. The Morgan fingerprint density at radius 2 is 1.93 bits per heavy atom. The van der Waals surface area contributed by atoms with Crippen LogP contribution in [0.3, 0.4) is 0 Å². The molecule has 0 spiro atoms. The van der Waals surface area contributed by atoms with Crippen molar-refractivity contribution in [1.29, 1.82) is 0 Å². The first-order valence-electron chi connectivity index (χ1n) is 3.60. The first kappa shape index (κ1) is 10.2. The molecular weight excluding hydrogens is 263 g/mol. The van der Waals surface area contributed by atoms with Crippen LogP contribution in [-0.4, -0.2) is 9.97 Å². The van der Waals surface area contributed by atoms with Crippen LogP contribution in [0.15, 0.2) is 18.3 Å². The second kappa shape index (κ2) is 4.03. The summed E-state index contributed by atoms with van der Waals surface area (Å²) in [5.74, 6) is 0.538. The van der Waals surface area contributed by atoms with E-state index in [0.29, 0.717) is 15.2 Å². The molecule has 0 saturated carbocycles. The van der Waals surface area contributed by atoms with Gasteiger partial charge >= 0.3 is 0 Å². The molecule has 0 aliphatic heterocycles. The normalized spacial score (nSPS) is 10.5. The minimum Gasteiger partial charge on any atom is -0.234 e. The van der Waals surface area contributed by atoms with Gasteiger partial charge in [0.25, 0.3) is 0 Å². The summed E-state index contributed by atoms with van der Waals surface area (Å²) < 4.78 is 0.690. The Morgan fingerprint density at radius 1 is 1.14 bits per heavy atom. The first-order valence-corrected chi connectivity index (χ1v) is 5.55. The predicted octanol–water partition coefficient (Wildman–Crippen LogP) is 4.17. The standard InChI is InChI=1S/C8H3Cl3N2S/c9-4-3-12-8(13-7(4)11)5-1-2-6(10)14-5/h1-3H. The van der Waals surface area contributed by atoms with Crippen molar-refractivity contribution in [3.8, 4) is 10.7 Å². The van der Waals surface area contributed by atoms with Gasteiger partial charge in [-0.2, -0.15) is 0 Å². The van der Waals surface area contributed by atoms with E-state index in [1.165, 1.54) is 17.5 Å². The molecule has 2 heterocycles. The number of nitrogens with zero attached hydrogens (tertiary/aromatic N) is 2. The monoisotopic (exact) mass is 264 g/mol. The van der Waals surface area contributed by atoms with E-state index in [1.54, 1.807) is 6.07 Å². The van der Waals surface area contributed by atoms with Crippen molar-refractivity contribution < 1.29 is 0 Å². The van der Waals surface area contributed by atoms with Crippen LogP contribution in [0.2, 0.25) is 14.5 Å². The van der Waals surface area contributed by atoms with Gasteiger partial charge < -0.3 is 0 Å². The highest BCUT2D eigenvalue weighted by Gasteiger charge is 2.07. The zero-order valence-corrected chi connectivity index (χ0v) is 9.75. The molecule has 0 radical (unpaired) electrons. The highest BCUT2D eigenvalue weighted by molar-refractivity contribution is 7.19. The van der Waals surface area contributed by atoms with Crippen molar-refractivity contribution in [1.82, 2.24) is 9.97 Å². The summed E-state index contributed by atoms with van der Waals surface area (Å²) in [4.78, 5) is 8.95. The van der Waals surface area contributed by atoms with E-state index < -0.39 is 0 Å². The average molecular weight is 266 g/mol. The fraction of sp³-hybridized carbons (Fsp3) is 0. The number of thiophene rings is 1. The summed E-state index contributed by atoms with van der Waals surface area (Å²) in [5.41, 5.74) is 0. The van der Waals surface area contributed by atoms with Crippen molar-refractivity contribution in [3.05, 3.63) is 32.8 Å². The van der Waals surface area contributed by atoms with E-state index >= 15 is 0 Å². The summed E-state index contributed by atoms with van der Waals surface area (Å²) in [6.07, 6.45) is 1.47. The van der Waals surface area contributed by atoms with Crippen molar-refractivity contribution in [2.24, 2.45) is 0 Å². The van der Waals surface area contributed by atoms with E-state index in [4.69, 9.17) is 34.8 Å². The Labute approximate surface area is 99.5 Å². The number of hydrogen-bond acceptors (Lipinski definition) is 3. The average Bonchev–Trinajstić information content (AvgIpc) is 2.57. The number of halogens is 3. The molecule has 0 aliphatic carbocycles. The Kier molecular flexibility index (Phi) is 2.93. The lowest BCUT2D eigenvalue weighted by Gasteiger charge is -1.97. The Balaban J connectivity index is 2.47. The van der Waals surface area contributed by atoms with Gasteiger partial charge in [-0.25, -0.2) is 9.97 Å². The molecular formula is C8H3Cl3N2S. The van der Waals surface area contributed by atoms with Crippen LogP contribution in [-0.2, 0) is 0 Å². The lowest BCUT2D eigenvalue weighted by atomic mass is 10.4. The van der Waals surface area contributed by atoms with Gasteiger partial charge in [-0.1, -0.05) is 34.8 Å².